The van der Waals surface area contributed by atoms with Crippen molar-refractivity contribution < 1.29 is 18.3 Å². The van der Waals surface area contributed by atoms with Gasteiger partial charge in [-0.2, -0.15) is 19.6 Å². The fourth-order valence-electron chi connectivity index (χ4n) is 7.92. The molecule has 1 amide bonds. The van der Waals surface area contributed by atoms with Crippen molar-refractivity contribution in [3.63, 3.8) is 0 Å². The Morgan fingerprint density at radius 2 is 1.96 bits per heavy atom. The van der Waals surface area contributed by atoms with Crippen molar-refractivity contribution >= 4 is 62.6 Å². The van der Waals surface area contributed by atoms with Crippen LogP contribution >= 0.6 is 23.1 Å². The first-order valence-electron chi connectivity index (χ1n) is 17.3. The molecule has 266 valence electrons. The van der Waals surface area contributed by atoms with Crippen LogP contribution in [0.2, 0.25) is 5.02 Å². The summed E-state index contributed by atoms with van der Waals surface area (Å²) in [6, 6.07) is 9.81. The number of pyridine rings is 1. The Bertz CT molecular complexity index is 2270. The molecule has 3 saturated heterocycles. The van der Waals surface area contributed by atoms with Crippen LogP contribution in [0.5, 0.6) is 6.01 Å². The van der Waals surface area contributed by atoms with Crippen LogP contribution < -0.4 is 9.64 Å². The third-order valence-corrected chi connectivity index (χ3v) is 11.6. The minimum Gasteiger partial charge on any atom is -0.461 e. The first-order chi connectivity index (χ1) is 25.2. The Morgan fingerprint density at radius 3 is 2.73 bits per heavy atom. The number of benzene rings is 2. The van der Waals surface area contributed by atoms with Crippen LogP contribution in [0, 0.1) is 29.9 Å². The molecule has 0 unspecified atom stereocenters. The zero-order valence-corrected chi connectivity index (χ0v) is 29.9. The predicted octanol–water partition coefficient (Wildman–Crippen LogP) is 6.59. The first kappa shape index (κ1) is 34.3. The number of piperazine rings is 1. The van der Waals surface area contributed by atoms with Gasteiger partial charge in [0.25, 0.3) is 0 Å². The number of carbonyl (C=O) groups excluding carboxylic acids is 1. The molecule has 0 spiro atoms. The van der Waals surface area contributed by atoms with Crippen LogP contribution in [0.25, 0.3) is 39.0 Å². The summed E-state index contributed by atoms with van der Waals surface area (Å²) in [5.41, 5.74) is 0.183. The van der Waals surface area contributed by atoms with Gasteiger partial charge < -0.3 is 14.5 Å². The molecule has 5 aromatic rings. The van der Waals surface area contributed by atoms with Gasteiger partial charge in [-0.1, -0.05) is 35.9 Å². The van der Waals surface area contributed by atoms with Crippen LogP contribution in [-0.2, 0) is 4.79 Å². The summed E-state index contributed by atoms with van der Waals surface area (Å²) in [6.07, 6.45) is 8.86. The average Bonchev–Trinajstić information content (AvgIpc) is 3.87. The second-order valence-corrected chi connectivity index (χ2v) is 14.7. The zero-order chi connectivity index (χ0) is 36.0. The number of carbonyl (C=O) groups is 1. The van der Waals surface area contributed by atoms with Crippen LogP contribution in [0.1, 0.15) is 42.9 Å². The fraction of sp³-hybridized carbons (Fsp3) is 0.378. The first-order valence-corrected chi connectivity index (χ1v) is 18.4. The average molecular weight is 742 g/mol. The molecule has 52 heavy (non-hydrogen) atoms. The van der Waals surface area contributed by atoms with Gasteiger partial charge in [0.05, 0.1) is 34.5 Å². The number of ether oxygens (including phenoxy) is 1. The van der Waals surface area contributed by atoms with Gasteiger partial charge in [0, 0.05) is 42.9 Å². The summed E-state index contributed by atoms with van der Waals surface area (Å²) in [5, 5.41) is 11.6. The second-order valence-electron chi connectivity index (χ2n) is 13.5. The summed E-state index contributed by atoms with van der Waals surface area (Å²) in [4.78, 5) is 37.7. The van der Waals surface area contributed by atoms with Crippen LogP contribution in [-0.4, -0.2) is 90.9 Å². The lowest BCUT2D eigenvalue weighted by Gasteiger charge is -2.41. The molecule has 3 aromatic heterocycles. The van der Waals surface area contributed by atoms with E-state index in [1.807, 2.05) is 4.90 Å². The van der Waals surface area contributed by atoms with Gasteiger partial charge in [-0.3, -0.25) is 14.7 Å². The Hall–Kier alpha value is -4.84. The van der Waals surface area contributed by atoms with Crippen LogP contribution in [0.3, 0.4) is 0 Å². The molecule has 0 aliphatic carbocycles. The monoisotopic (exact) mass is 741 g/mol. The number of anilines is 1. The van der Waals surface area contributed by atoms with E-state index in [1.165, 1.54) is 29.9 Å². The van der Waals surface area contributed by atoms with Gasteiger partial charge in [0.2, 0.25) is 5.91 Å². The standard InChI is InChI=1S/C37H34ClF2N9O2S/c1-22-43-28(52-46-22)9-10-29(50)49-18-17-47(20-24(49)11-14-41)35-26-19-42-33(25-6-2-5-23-7-8-27(39)31(38)30(23)25)32(40)34(26)44-36(45-35)51-21-37-12-3-15-48(37)16-4-13-37/h2,5-10,19,24H,3-4,11-13,15-18,20-21H2,1H3/b10-9+/t24-/m0/s1. The van der Waals surface area contributed by atoms with E-state index in [0.717, 1.165) is 38.8 Å². The number of amides is 1. The quantitative estimate of drug-likeness (QED) is 0.161. The van der Waals surface area contributed by atoms with Crippen LogP contribution in [0.4, 0.5) is 14.6 Å². The smallest absolute Gasteiger partial charge is 0.319 e. The maximum atomic E-state index is 16.9. The Labute approximate surface area is 307 Å². The molecule has 3 fully saturated rings. The molecular weight excluding hydrogens is 708 g/mol. The van der Waals surface area contributed by atoms with E-state index in [-0.39, 0.29) is 46.7 Å². The maximum absolute atomic E-state index is 16.9. The minimum atomic E-state index is -0.722. The molecule has 11 nitrogen and oxygen atoms in total. The fourth-order valence-corrected chi connectivity index (χ4v) is 8.76. The number of hydrogen-bond acceptors (Lipinski definition) is 11. The van der Waals surface area contributed by atoms with E-state index in [1.54, 1.807) is 42.2 Å². The van der Waals surface area contributed by atoms with E-state index in [9.17, 15) is 14.4 Å². The van der Waals surface area contributed by atoms with Gasteiger partial charge in [0.1, 0.15) is 40.3 Å². The van der Waals surface area contributed by atoms with E-state index < -0.39 is 17.7 Å². The Kier molecular flexibility index (Phi) is 9.19. The van der Waals surface area contributed by atoms with Crippen molar-refractivity contribution in [2.24, 2.45) is 0 Å². The normalized spacial score (nSPS) is 18.8. The van der Waals surface area contributed by atoms with Gasteiger partial charge in [-0.25, -0.2) is 13.8 Å². The third-order valence-electron chi connectivity index (χ3n) is 10.4. The molecule has 2 aromatic carbocycles. The summed E-state index contributed by atoms with van der Waals surface area (Å²) < 4.78 is 42.1. The van der Waals surface area contributed by atoms with Crippen molar-refractivity contribution in [1.29, 1.82) is 5.26 Å². The molecule has 0 bridgehead atoms. The topological polar surface area (TPSA) is 124 Å². The Morgan fingerprint density at radius 1 is 1.13 bits per heavy atom. The van der Waals surface area contributed by atoms with E-state index in [2.05, 4.69) is 30.3 Å². The number of fused-ring (bicyclic) bond motifs is 3. The number of halogens is 3. The van der Waals surface area contributed by atoms with Crippen LogP contribution in [0.15, 0.2) is 42.6 Å². The SMILES string of the molecule is Cc1nsc(/C=C/C(=O)N2CCN(c3nc(OCC45CCCN4CCC5)nc4c(F)c(-c5cccc6ccc(F)c(Cl)c56)ncc34)C[C@@H]2CC#N)n1. The molecule has 3 aliphatic heterocycles. The van der Waals surface area contributed by atoms with Crippen molar-refractivity contribution in [3.8, 4) is 23.3 Å². The second kappa shape index (κ2) is 13.9. The molecule has 0 radical (unpaired) electrons. The highest BCUT2D eigenvalue weighted by atomic mass is 35.5. The number of aryl methyl sites for hydroxylation is 1. The number of nitriles is 1. The number of hydrogen-bond donors (Lipinski definition) is 0. The lowest BCUT2D eigenvalue weighted by Crippen LogP contribution is -2.55. The summed E-state index contributed by atoms with van der Waals surface area (Å²) in [6.45, 7) is 5.09. The van der Waals surface area contributed by atoms with Crippen molar-refractivity contribution in [2.75, 3.05) is 44.2 Å². The summed E-state index contributed by atoms with van der Waals surface area (Å²) in [5.74, 6) is -0.568. The minimum absolute atomic E-state index is 0.00708. The lowest BCUT2D eigenvalue weighted by molar-refractivity contribution is -0.128. The molecule has 0 saturated carbocycles. The van der Waals surface area contributed by atoms with Crippen molar-refractivity contribution in [2.45, 2.75) is 50.6 Å². The number of rotatable bonds is 8. The van der Waals surface area contributed by atoms with Gasteiger partial charge in [-0.15, -0.1) is 0 Å². The highest BCUT2D eigenvalue weighted by molar-refractivity contribution is 7.06. The van der Waals surface area contributed by atoms with E-state index in [4.69, 9.17) is 21.3 Å². The molecule has 6 heterocycles. The number of nitrogens with zero attached hydrogens (tertiary/aromatic N) is 9. The Balaban J connectivity index is 1.18. The van der Waals surface area contributed by atoms with Crippen molar-refractivity contribution in [3.05, 3.63) is 70.1 Å². The van der Waals surface area contributed by atoms with Gasteiger partial charge >= 0.3 is 6.01 Å². The largest absolute Gasteiger partial charge is 0.461 e. The lowest BCUT2D eigenvalue weighted by atomic mass is 9.95. The molecule has 1 atom stereocenters. The molecule has 8 rings (SSSR count). The molecule has 0 N–H and O–H groups in total. The molecular formula is C37H34ClF2N9O2S. The van der Waals surface area contributed by atoms with Gasteiger partial charge in [-0.05, 0) is 74.8 Å². The maximum Gasteiger partial charge on any atom is 0.319 e. The highest BCUT2D eigenvalue weighted by Gasteiger charge is 2.45. The van der Waals surface area contributed by atoms with E-state index >= 15 is 4.39 Å². The van der Waals surface area contributed by atoms with E-state index in [0.29, 0.717) is 58.1 Å². The third kappa shape index (κ3) is 6.20. The summed E-state index contributed by atoms with van der Waals surface area (Å²) in [7, 11) is 0. The molecule has 3 aliphatic rings. The number of aromatic nitrogens is 5. The highest BCUT2D eigenvalue weighted by Crippen LogP contribution is 2.41. The summed E-state index contributed by atoms with van der Waals surface area (Å²) >= 11 is 7.63. The predicted molar refractivity (Wildman–Crippen MR) is 195 cm³/mol. The van der Waals surface area contributed by atoms with Crippen molar-refractivity contribution in [1.82, 2.24) is 34.1 Å². The van der Waals surface area contributed by atoms with Gasteiger partial charge in [0.15, 0.2) is 5.82 Å². The zero-order valence-electron chi connectivity index (χ0n) is 28.4. The molecule has 15 heteroatoms.